The van der Waals surface area contributed by atoms with Gasteiger partial charge in [-0.3, -0.25) is 4.79 Å². The Kier molecular flexibility index (Phi) is 7.11. The van der Waals surface area contributed by atoms with E-state index in [4.69, 9.17) is 5.11 Å². The minimum Gasteiger partial charge on any atom is -0.478 e. The summed E-state index contributed by atoms with van der Waals surface area (Å²) in [5.41, 5.74) is 1.32. The van der Waals surface area contributed by atoms with Crippen LogP contribution < -0.4 is 5.32 Å². The zero-order valence-electron chi connectivity index (χ0n) is 11.6. The van der Waals surface area contributed by atoms with Crippen molar-refractivity contribution in [3.05, 3.63) is 48.0 Å². The van der Waals surface area contributed by atoms with E-state index in [9.17, 15) is 9.59 Å². The highest BCUT2D eigenvalue weighted by molar-refractivity contribution is 5.87. The third kappa shape index (κ3) is 6.73. The molecule has 108 valence electrons. The lowest BCUT2D eigenvalue weighted by atomic mass is 10.1. The number of carbonyl (C=O) groups excluding carboxylic acids is 1. The van der Waals surface area contributed by atoms with Crippen LogP contribution in [0, 0.1) is 0 Å². The van der Waals surface area contributed by atoms with Crippen LogP contribution in [-0.2, 0) is 16.0 Å². The SMILES string of the molecule is C=C(CNC(=O)CCCCCc1ccccc1)C(=O)O. The molecule has 0 aliphatic heterocycles. The Bertz CT molecular complexity index is 454. The van der Waals surface area contributed by atoms with E-state index >= 15 is 0 Å². The van der Waals surface area contributed by atoms with Gasteiger partial charge in [-0.25, -0.2) is 4.79 Å². The van der Waals surface area contributed by atoms with Crippen molar-refractivity contribution in [3.63, 3.8) is 0 Å². The first kappa shape index (κ1) is 16.0. The minimum atomic E-state index is -1.08. The van der Waals surface area contributed by atoms with Crippen molar-refractivity contribution in [2.24, 2.45) is 0 Å². The van der Waals surface area contributed by atoms with Crippen molar-refractivity contribution < 1.29 is 14.7 Å². The van der Waals surface area contributed by atoms with Crippen molar-refractivity contribution in [1.82, 2.24) is 5.32 Å². The Morgan fingerprint density at radius 3 is 2.45 bits per heavy atom. The molecular weight excluding hydrogens is 254 g/mol. The Labute approximate surface area is 119 Å². The van der Waals surface area contributed by atoms with Gasteiger partial charge in [0.2, 0.25) is 5.91 Å². The number of hydrogen-bond donors (Lipinski definition) is 2. The van der Waals surface area contributed by atoms with Gasteiger partial charge >= 0.3 is 5.97 Å². The summed E-state index contributed by atoms with van der Waals surface area (Å²) in [6.07, 6.45) is 4.32. The highest BCUT2D eigenvalue weighted by Crippen LogP contribution is 2.07. The predicted molar refractivity (Wildman–Crippen MR) is 78.4 cm³/mol. The Morgan fingerprint density at radius 1 is 1.10 bits per heavy atom. The van der Waals surface area contributed by atoms with Crippen molar-refractivity contribution in [1.29, 1.82) is 0 Å². The average molecular weight is 275 g/mol. The summed E-state index contributed by atoms with van der Waals surface area (Å²) in [7, 11) is 0. The molecule has 0 aliphatic carbocycles. The van der Waals surface area contributed by atoms with Gasteiger partial charge in [0.15, 0.2) is 0 Å². The molecule has 0 radical (unpaired) electrons. The number of carbonyl (C=O) groups is 2. The van der Waals surface area contributed by atoms with Crippen LogP contribution in [0.25, 0.3) is 0 Å². The first-order valence-electron chi connectivity index (χ1n) is 6.81. The summed E-state index contributed by atoms with van der Waals surface area (Å²) >= 11 is 0. The van der Waals surface area contributed by atoms with E-state index in [0.717, 1.165) is 25.7 Å². The second kappa shape index (κ2) is 8.91. The molecule has 0 heterocycles. The van der Waals surface area contributed by atoms with E-state index < -0.39 is 5.97 Å². The molecule has 1 aromatic rings. The fourth-order valence-corrected chi connectivity index (χ4v) is 1.81. The highest BCUT2D eigenvalue weighted by Gasteiger charge is 2.06. The smallest absolute Gasteiger partial charge is 0.332 e. The van der Waals surface area contributed by atoms with E-state index in [1.807, 2.05) is 18.2 Å². The van der Waals surface area contributed by atoms with E-state index in [0.29, 0.717) is 6.42 Å². The highest BCUT2D eigenvalue weighted by atomic mass is 16.4. The molecule has 0 aliphatic rings. The molecule has 1 aromatic carbocycles. The molecular formula is C16H21NO3. The summed E-state index contributed by atoms with van der Waals surface area (Å²) in [6, 6.07) is 10.3. The molecule has 0 saturated carbocycles. The first-order chi connectivity index (χ1) is 9.59. The van der Waals surface area contributed by atoms with E-state index in [-0.39, 0.29) is 18.0 Å². The molecule has 0 spiro atoms. The van der Waals surface area contributed by atoms with Crippen LogP contribution in [0.5, 0.6) is 0 Å². The Hall–Kier alpha value is -2.10. The number of amides is 1. The van der Waals surface area contributed by atoms with Crippen LogP contribution in [0.1, 0.15) is 31.2 Å². The first-order valence-corrected chi connectivity index (χ1v) is 6.81. The molecule has 1 amide bonds. The molecule has 1 rings (SSSR count). The maximum atomic E-state index is 11.5. The summed E-state index contributed by atoms with van der Waals surface area (Å²) in [5.74, 6) is -1.19. The lowest BCUT2D eigenvalue weighted by molar-refractivity contribution is -0.132. The molecule has 0 aromatic heterocycles. The second-order valence-corrected chi connectivity index (χ2v) is 4.73. The lowest BCUT2D eigenvalue weighted by Crippen LogP contribution is -2.27. The van der Waals surface area contributed by atoms with Crippen LogP contribution >= 0.6 is 0 Å². The van der Waals surface area contributed by atoms with Gasteiger partial charge < -0.3 is 10.4 Å². The fraction of sp³-hybridized carbons (Fsp3) is 0.375. The number of hydrogen-bond acceptors (Lipinski definition) is 2. The summed E-state index contributed by atoms with van der Waals surface area (Å²) in [5, 5.41) is 11.2. The van der Waals surface area contributed by atoms with Crippen molar-refractivity contribution in [3.8, 4) is 0 Å². The van der Waals surface area contributed by atoms with Gasteiger partial charge in [0, 0.05) is 18.5 Å². The molecule has 4 nitrogen and oxygen atoms in total. The molecule has 0 unspecified atom stereocenters. The molecule has 0 atom stereocenters. The number of benzene rings is 1. The van der Waals surface area contributed by atoms with Crippen LogP contribution in [0.3, 0.4) is 0 Å². The molecule has 20 heavy (non-hydrogen) atoms. The maximum Gasteiger partial charge on any atom is 0.332 e. The molecule has 0 saturated heterocycles. The predicted octanol–water partition coefficient (Wildman–Crippen LogP) is 2.55. The van der Waals surface area contributed by atoms with Gasteiger partial charge in [0.05, 0.1) is 0 Å². The zero-order chi connectivity index (χ0) is 14.8. The Balaban J connectivity index is 2.05. The topological polar surface area (TPSA) is 66.4 Å². The largest absolute Gasteiger partial charge is 0.478 e. The maximum absolute atomic E-state index is 11.5. The molecule has 0 bridgehead atoms. The lowest BCUT2D eigenvalue weighted by Gasteiger charge is -2.05. The van der Waals surface area contributed by atoms with Crippen molar-refractivity contribution >= 4 is 11.9 Å². The van der Waals surface area contributed by atoms with Crippen molar-refractivity contribution in [2.75, 3.05) is 6.54 Å². The number of rotatable bonds is 9. The van der Waals surface area contributed by atoms with Gasteiger partial charge in [-0.05, 0) is 24.8 Å². The number of carboxylic acid groups (broad SMARTS) is 1. The van der Waals surface area contributed by atoms with Crippen LogP contribution in [0.4, 0.5) is 0 Å². The number of aryl methyl sites for hydroxylation is 1. The third-order valence-corrected chi connectivity index (χ3v) is 3.01. The van der Waals surface area contributed by atoms with Crippen LogP contribution in [0.15, 0.2) is 42.5 Å². The van der Waals surface area contributed by atoms with E-state index in [1.165, 1.54) is 5.56 Å². The van der Waals surface area contributed by atoms with Gasteiger partial charge in [-0.2, -0.15) is 0 Å². The molecule has 4 heteroatoms. The number of unbranched alkanes of at least 4 members (excludes halogenated alkanes) is 2. The number of aliphatic carboxylic acids is 1. The average Bonchev–Trinajstić information content (AvgIpc) is 2.45. The van der Waals surface area contributed by atoms with E-state index in [1.54, 1.807) is 0 Å². The summed E-state index contributed by atoms with van der Waals surface area (Å²) in [4.78, 5) is 22.0. The third-order valence-electron chi connectivity index (χ3n) is 3.01. The van der Waals surface area contributed by atoms with Gasteiger partial charge in [0.1, 0.15) is 0 Å². The van der Waals surface area contributed by atoms with E-state index in [2.05, 4.69) is 24.0 Å². The normalized spacial score (nSPS) is 10.0. The zero-order valence-corrected chi connectivity index (χ0v) is 11.6. The van der Waals surface area contributed by atoms with Crippen molar-refractivity contribution in [2.45, 2.75) is 32.1 Å². The minimum absolute atomic E-state index is 0.00225. The van der Waals surface area contributed by atoms with Gasteiger partial charge in [-0.1, -0.05) is 43.3 Å². The number of nitrogens with one attached hydrogen (secondary N) is 1. The Morgan fingerprint density at radius 2 is 1.80 bits per heavy atom. The standard InChI is InChI=1S/C16H21NO3/c1-13(16(19)20)12-17-15(18)11-7-3-6-10-14-8-4-2-5-9-14/h2,4-5,8-9H,1,3,6-7,10-12H2,(H,17,18)(H,19,20). The van der Waals surface area contributed by atoms with Gasteiger partial charge in [-0.15, -0.1) is 0 Å². The second-order valence-electron chi connectivity index (χ2n) is 4.73. The van der Waals surface area contributed by atoms with Gasteiger partial charge in [0.25, 0.3) is 0 Å². The quantitative estimate of drug-likeness (QED) is 0.537. The van der Waals surface area contributed by atoms with Crippen LogP contribution in [0.2, 0.25) is 0 Å². The number of carboxylic acids is 1. The monoisotopic (exact) mass is 275 g/mol. The molecule has 2 N–H and O–H groups in total. The van der Waals surface area contributed by atoms with Crippen LogP contribution in [-0.4, -0.2) is 23.5 Å². The summed E-state index contributed by atoms with van der Waals surface area (Å²) < 4.78 is 0. The summed E-state index contributed by atoms with van der Waals surface area (Å²) in [6.45, 7) is 3.37. The molecule has 0 fully saturated rings. The fourth-order valence-electron chi connectivity index (χ4n) is 1.81.